The lowest BCUT2D eigenvalue weighted by molar-refractivity contribution is -0.134. The van der Waals surface area contributed by atoms with E-state index in [4.69, 9.17) is 0 Å². The zero-order valence-corrected chi connectivity index (χ0v) is 10.9. The van der Waals surface area contributed by atoms with E-state index in [2.05, 4.69) is 12.2 Å². The zero-order valence-electron chi connectivity index (χ0n) is 10.9. The zero-order chi connectivity index (χ0) is 13.1. The van der Waals surface area contributed by atoms with Gasteiger partial charge in [0.25, 0.3) is 0 Å². The number of amides is 1. The third-order valence-electron chi connectivity index (χ3n) is 3.57. The van der Waals surface area contributed by atoms with Crippen LogP contribution in [-0.4, -0.2) is 35.5 Å². The lowest BCUT2D eigenvalue weighted by Gasteiger charge is -2.23. The maximum atomic E-state index is 12.3. The second-order valence-electron chi connectivity index (χ2n) is 5.00. The molecule has 2 rings (SSSR count). The van der Waals surface area contributed by atoms with Crippen LogP contribution < -0.4 is 5.32 Å². The van der Waals surface area contributed by atoms with Gasteiger partial charge in [0.15, 0.2) is 0 Å². The third-order valence-corrected chi connectivity index (χ3v) is 3.57. The van der Waals surface area contributed by atoms with E-state index in [0.717, 1.165) is 18.5 Å². The largest absolute Gasteiger partial charge is 0.508 e. The van der Waals surface area contributed by atoms with Crippen LogP contribution in [0.25, 0.3) is 0 Å². The van der Waals surface area contributed by atoms with Gasteiger partial charge in [0.1, 0.15) is 5.75 Å². The minimum absolute atomic E-state index is 0.0899. The van der Waals surface area contributed by atoms with E-state index >= 15 is 0 Å². The van der Waals surface area contributed by atoms with Crippen molar-refractivity contribution in [3.63, 3.8) is 0 Å². The highest BCUT2D eigenvalue weighted by Gasteiger charge is 2.31. The number of nitrogens with one attached hydrogen (secondary N) is 1. The number of rotatable bonds is 3. The van der Waals surface area contributed by atoms with Crippen LogP contribution in [0.5, 0.6) is 5.75 Å². The highest BCUT2D eigenvalue weighted by Crippen LogP contribution is 2.19. The molecule has 0 spiro atoms. The van der Waals surface area contributed by atoms with E-state index in [1.165, 1.54) is 0 Å². The molecule has 1 saturated heterocycles. The monoisotopic (exact) mass is 248 g/mol. The molecule has 1 fully saturated rings. The summed E-state index contributed by atoms with van der Waals surface area (Å²) in [5, 5.41) is 12.5. The van der Waals surface area contributed by atoms with Gasteiger partial charge in [-0.05, 0) is 37.6 Å². The highest BCUT2D eigenvalue weighted by molar-refractivity contribution is 5.79. The summed E-state index contributed by atoms with van der Waals surface area (Å²) in [6, 6.07) is 7.24. The van der Waals surface area contributed by atoms with Crippen molar-refractivity contribution >= 4 is 5.91 Å². The second kappa shape index (κ2) is 5.40. The lowest BCUT2D eigenvalue weighted by Crippen LogP contribution is -2.37. The fourth-order valence-electron chi connectivity index (χ4n) is 2.43. The summed E-state index contributed by atoms with van der Waals surface area (Å²) in [6.07, 6.45) is 0.917. The summed E-state index contributed by atoms with van der Waals surface area (Å²) in [5.74, 6) is 0.536. The van der Waals surface area contributed by atoms with E-state index < -0.39 is 0 Å². The summed E-state index contributed by atoms with van der Waals surface area (Å²) in [4.78, 5) is 14.0. The maximum Gasteiger partial charge on any atom is 0.227 e. The minimum atomic E-state index is 0.0899. The molecular formula is C14H20N2O2. The Hall–Kier alpha value is -1.55. The Morgan fingerprint density at radius 3 is 2.67 bits per heavy atom. The van der Waals surface area contributed by atoms with Crippen molar-refractivity contribution in [1.82, 2.24) is 10.2 Å². The van der Waals surface area contributed by atoms with Gasteiger partial charge in [-0.1, -0.05) is 12.1 Å². The van der Waals surface area contributed by atoms with E-state index in [1.54, 1.807) is 17.0 Å². The standard InChI is InChI=1S/C14H20N2O2/c1-10-13(7-8-15-10)14(18)16(2)9-11-3-5-12(17)6-4-11/h3-6,10,13,15,17H,7-9H2,1-2H3. The van der Waals surface area contributed by atoms with Gasteiger partial charge in [-0.3, -0.25) is 4.79 Å². The molecule has 2 unspecified atom stereocenters. The Morgan fingerprint density at radius 1 is 1.44 bits per heavy atom. The number of carbonyl (C=O) groups is 1. The molecule has 0 aromatic heterocycles. The number of phenolic OH excluding ortho intramolecular Hbond substituents is 1. The van der Waals surface area contributed by atoms with Gasteiger partial charge in [-0.15, -0.1) is 0 Å². The van der Waals surface area contributed by atoms with Crippen molar-refractivity contribution in [2.45, 2.75) is 25.9 Å². The highest BCUT2D eigenvalue weighted by atomic mass is 16.3. The molecule has 1 aliphatic heterocycles. The molecule has 18 heavy (non-hydrogen) atoms. The van der Waals surface area contributed by atoms with Crippen LogP contribution >= 0.6 is 0 Å². The summed E-state index contributed by atoms with van der Waals surface area (Å²) < 4.78 is 0. The van der Waals surface area contributed by atoms with Crippen molar-refractivity contribution in [3.05, 3.63) is 29.8 Å². The lowest BCUT2D eigenvalue weighted by atomic mass is 10.0. The Kier molecular flexibility index (Phi) is 3.87. The second-order valence-corrected chi connectivity index (χ2v) is 5.00. The molecule has 0 aliphatic carbocycles. The number of hydrogen-bond donors (Lipinski definition) is 2. The molecule has 1 aromatic rings. The summed E-state index contributed by atoms with van der Waals surface area (Å²) in [5.41, 5.74) is 1.03. The van der Waals surface area contributed by atoms with Crippen molar-refractivity contribution in [1.29, 1.82) is 0 Å². The summed E-state index contributed by atoms with van der Waals surface area (Å²) in [7, 11) is 1.83. The molecule has 0 bridgehead atoms. The summed E-state index contributed by atoms with van der Waals surface area (Å²) in [6.45, 7) is 3.57. The van der Waals surface area contributed by atoms with Gasteiger partial charge in [-0.25, -0.2) is 0 Å². The minimum Gasteiger partial charge on any atom is -0.508 e. The maximum absolute atomic E-state index is 12.3. The molecule has 1 aromatic carbocycles. The predicted octanol–water partition coefficient (Wildman–Crippen LogP) is 1.35. The summed E-state index contributed by atoms with van der Waals surface area (Å²) >= 11 is 0. The average molecular weight is 248 g/mol. The fraction of sp³-hybridized carbons (Fsp3) is 0.500. The third kappa shape index (κ3) is 2.82. The van der Waals surface area contributed by atoms with E-state index in [0.29, 0.717) is 6.54 Å². The molecule has 4 nitrogen and oxygen atoms in total. The molecule has 4 heteroatoms. The number of hydrogen-bond acceptors (Lipinski definition) is 3. The van der Waals surface area contributed by atoms with Crippen LogP contribution in [-0.2, 0) is 11.3 Å². The first-order valence-corrected chi connectivity index (χ1v) is 6.34. The number of phenols is 1. The van der Waals surface area contributed by atoms with Crippen LogP contribution in [0.4, 0.5) is 0 Å². The van der Waals surface area contributed by atoms with Crippen molar-refractivity contribution in [2.24, 2.45) is 5.92 Å². The van der Waals surface area contributed by atoms with Crippen molar-refractivity contribution in [3.8, 4) is 5.75 Å². The Morgan fingerprint density at radius 2 is 2.11 bits per heavy atom. The number of nitrogens with zero attached hydrogens (tertiary/aromatic N) is 1. The van der Waals surface area contributed by atoms with E-state index in [9.17, 15) is 9.90 Å². The first kappa shape index (κ1) is 12.9. The normalized spacial score (nSPS) is 23.0. The van der Waals surface area contributed by atoms with E-state index in [-0.39, 0.29) is 23.6 Å². The average Bonchev–Trinajstić information content (AvgIpc) is 2.77. The van der Waals surface area contributed by atoms with E-state index in [1.807, 2.05) is 19.2 Å². The molecule has 1 amide bonds. The molecule has 1 aliphatic rings. The van der Waals surface area contributed by atoms with Gasteiger partial charge in [0.2, 0.25) is 5.91 Å². The van der Waals surface area contributed by atoms with Gasteiger partial charge in [0.05, 0.1) is 5.92 Å². The quantitative estimate of drug-likeness (QED) is 0.849. The van der Waals surface area contributed by atoms with Crippen LogP contribution in [0.2, 0.25) is 0 Å². The Balaban J connectivity index is 1.97. The molecular weight excluding hydrogens is 228 g/mol. The van der Waals surface area contributed by atoms with Crippen LogP contribution in [0, 0.1) is 5.92 Å². The molecule has 0 radical (unpaired) electrons. The van der Waals surface area contributed by atoms with Crippen LogP contribution in [0.3, 0.4) is 0 Å². The van der Waals surface area contributed by atoms with Gasteiger partial charge < -0.3 is 15.3 Å². The predicted molar refractivity (Wildman–Crippen MR) is 70.2 cm³/mol. The first-order chi connectivity index (χ1) is 8.58. The smallest absolute Gasteiger partial charge is 0.227 e. The van der Waals surface area contributed by atoms with Crippen molar-refractivity contribution in [2.75, 3.05) is 13.6 Å². The molecule has 1 heterocycles. The molecule has 2 N–H and O–H groups in total. The van der Waals surface area contributed by atoms with Gasteiger partial charge in [-0.2, -0.15) is 0 Å². The van der Waals surface area contributed by atoms with Crippen LogP contribution in [0.1, 0.15) is 18.9 Å². The first-order valence-electron chi connectivity index (χ1n) is 6.34. The SMILES string of the molecule is CC1NCCC1C(=O)N(C)Cc1ccc(O)cc1. The van der Waals surface area contributed by atoms with Gasteiger partial charge >= 0.3 is 0 Å². The Bertz CT molecular complexity index is 416. The van der Waals surface area contributed by atoms with Gasteiger partial charge in [0, 0.05) is 19.6 Å². The van der Waals surface area contributed by atoms with Crippen LogP contribution in [0.15, 0.2) is 24.3 Å². The molecule has 98 valence electrons. The van der Waals surface area contributed by atoms with Crippen molar-refractivity contribution < 1.29 is 9.90 Å². The molecule has 0 saturated carbocycles. The number of carbonyl (C=O) groups excluding carboxylic acids is 1. The number of benzene rings is 1. The topological polar surface area (TPSA) is 52.6 Å². The fourth-order valence-corrected chi connectivity index (χ4v) is 2.43. The Labute approximate surface area is 108 Å². The number of aromatic hydroxyl groups is 1. The molecule has 2 atom stereocenters.